The molecule has 0 saturated heterocycles. The van der Waals surface area contributed by atoms with Crippen molar-refractivity contribution >= 4 is 18.3 Å². The molecule has 0 fully saturated rings. The Morgan fingerprint density at radius 1 is 1.24 bits per heavy atom. The number of hydrogen-bond acceptors (Lipinski definition) is 2. The normalized spacial score (nSPS) is 9.59. The predicted molar refractivity (Wildman–Crippen MR) is 73.4 cm³/mol. The fourth-order valence-corrected chi connectivity index (χ4v) is 1.64. The highest BCUT2D eigenvalue weighted by atomic mass is 35.5. The third kappa shape index (κ3) is 4.36. The van der Waals surface area contributed by atoms with E-state index in [1.165, 1.54) is 0 Å². The molecule has 17 heavy (non-hydrogen) atoms. The van der Waals surface area contributed by atoms with E-state index in [9.17, 15) is 4.79 Å². The molecule has 1 aromatic carbocycles. The van der Waals surface area contributed by atoms with Crippen molar-refractivity contribution in [1.82, 2.24) is 4.90 Å². The van der Waals surface area contributed by atoms with Crippen molar-refractivity contribution in [2.24, 2.45) is 5.73 Å². The maximum atomic E-state index is 12.1. The van der Waals surface area contributed by atoms with Gasteiger partial charge in [-0.1, -0.05) is 19.1 Å². The second-order valence-electron chi connectivity index (χ2n) is 3.79. The van der Waals surface area contributed by atoms with Gasteiger partial charge in [-0.15, -0.1) is 12.4 Å². The van der Waals surface area contributed by atoms with Gasteiger partial charge < -0.3 is 10.6 Å². The lowest BCUT2D eigenvalue weighted by atomic mass is 10.1. The zero-order valence-corrected chi connectivity index (χ0v) is 11.3. The minimum Gasteiger partial charge on any atom is -0.339 e. The third-order valence-corrected chi connectivity index (χ3v) is 2.60. The van der Waals surface area contributed by atoms with E-state index in [0.29, 0.717) is 6.54 Å². The molecule has 1 aromatic rings. The number of rotatable bonds is 5. The molecule has 0 spiro atoms. The molecule has 3 nitrogen and oxygen atoms in total. The number of halogens is 1. The van der Waals surface area contributed by atoms with Gasteiger partial charge in [0.1, 0.15) is 0 Å². The Morgan fingerprint density at radius 2 is 1.82 bits per heavy atom. The van der Waals surface area contributed by atoms with E-state index >= 15 is 0 Å². The highest BCUT2D eigenvalue weighted by molar-refractivity contribution is 5.94. The number of carbonyl (C=O) groups is 1. The first kappa shape index (κ1) is 15.9. The molecule has 0 atom stereocenters. The molecular weight excluding hydrogens is 236 g/mol. The summed E-state index contributed by atoms with van der Waals surface area (Å²) in [6, 6.07) is 7.52. The lowest BCUT2D eigenvalue weighted by Crippen LogP contribution is -2.31. The summed E-state index contributed by atoms with van der Waals surface area (Å²) in [6.07, 6.45) is 0.987. The maximum absolute atomic E-state index is 12.1. The molecule has 0 aliphatic rings. The van der Waals surface area contributed by atoms with Gasteiger partial charge in [0.2, 0.25) is 0 Å². The predicted octanol–water partition coefficient (Wildman–Crippen LogP) is 2.44. The zero-order valence-electron chi connectivity index (χ0n) is 10.5. The summed E-state index contributed by atoms with van der Waals surface area (Å²) in [5.41, 5.74) is 7.31. The van der Waals surface area contributed by atoms with Crippen molar-refractivity contribution in [3.63, 3.8) is 0 Å². The lowest BCUT2D eigenvalue weighted by molar-refractivity contribution is 0.0764. The monoisotopic (exact) mass is 256 g/mol. The Hall–Kier alpha value is -1.06. The Labute approximate surface area is 109 Å². The van der Waals surface area contributed by atoms with Gasteiger partial charge in [0.25, 0.3) is 5.91 Å². The summed E-state index contributed by atoms with van der Waals surface area (Å²) in [5.74, 6) is 0.105. The quantitative estimate of drug-likeness (QED) is 0.880. The van der Waals surface area contributed by atoms with Crippen LogP contribution in [0.25, 0.3) is 0 Å². The van der Waals surface area contributed by atoms with Crippen molar-refractivity contribution in [3.8, 4) is 0 Å². The van der Waals surface area contributed by atoms with Crippen molar-refractivity contribution in [1.29, 1.82) is 0 Å². The van der Waals surface area contributed by atoms with Crippen LogP contribution in [0.1, 0.15) is 36.2 Å². The topological polar surface area (TPSA) is 46.3 Å². The van der Waals surface area contributed by atoms with Gasteiger partial charge in [0.05, 0.1) is 0 Å². The van der Waals surface area contributed by atoms with Gasteiger partial charge in [-0.05, 0) is 31.0 Å². The van der Waals surface area contributed by atoms with Crippen molar-refractivity contribution in [3.05, 3.63) is 35.4 Å². The second-order valence-corrected chi connectivity index (χ2v) is 3.79. The van der Waals surface area contributed by atoms with Gasteiger partial charge in [0.15, 0.2) is 0 Å². The van der Waals surface area contributed by atoms with E-state index in [4.69, 9.17) is 5.73 Å². The van der Waals surface area contributed by atoms with E-state index in [1.54, 1.807) is 0 Å². The Morgan fingerprint density at radius 3 is 2.24 bits per heavy atom. The number of nitrogens with zero attached hydrogens (tertiary/aromatic N) is 1. The highest BCUT2D eigenvalue weighted by Gasteiger charge is 2.12. The van der Waals surface area contributed by atoms with E-state index in [2.05, 4.69) is 6.92 Å². The first-order valence-electron chi connectivity index (χ1n) is 5.81. The molecule has 4 heteroatoms. The molecular formula is C13H21ClN2O. The summed E-state index contributed by atoms with van der Waals surface area (Å²) in [4.78, 5) is 13.9. The number of nitrogens with two attached hydrogens (primary N) is 1. The number of amides is 1. The summed E-state index contributed by atoms with van der Waals surface area (Å²) < 4.78 is 0. The molecule has 1 amide bonds. The Bertz CT molecular complexity index is 338. The maximum Gasteiger partial charge on any atom is 0.253 e. The third-order valence-electron chi connectivity index (χ3n) is 2.60. The molecule has 0 radical (unpaired) electrons. The molecule has 0 heterocycles. The van der Waals surface area contributed by atoms with Crippen LogP contribution in [0, 0.1) is 0 Å². The fraction of sp³-hybridized carbons (Fsp3) is 0.462. The minimum absolute atomic E-state index is 0. The molecule has 1 rings (SSSR count). The smallest absolute Gasteiger partial charge is 0.253 e. The average molecular weight is 257 g/mol. The minimum atomic E-state index is 0. The molecule has 0 aliphatic heterocycles. The standard InChI is InChI=1S/C13H20N2O.ClH/c1-3-9-15(4-2)13(16)12-7-5-11(10-14)6-8-12;/h5-8H,3-4,9-10,14H2,1-2H3;1H. The number of carbonyl (C=O) groups excluding carboxylic acids is 1. The van der Waals surface area contributed by atoms with Crippen LogP contribution in [0.4, 0.5) is 0 Å². The van der Waals surface area contributed by atoms with Gasteiger partial charge in [0, 0.05) is 25.2 Å². The van der Waals surface area contributed by atoms with E-state index in [1.807, 2.05) is 36.1 Å². The van der Waals surface area contributed by atoms with E-state index < -0.39 is 0 Å². The van der Waals surface area contributed by atoms with E-state index in [0.717, 1.165) is 30.6 Å². The summed E-state index contributed by atoms with van der Waals surface area (Å²) in [7, 11) is 0. The molecule has 2 N–H and O–H groups in total. The lowest BCUT2D eigenvalue weighted by Gasteiger charge is -2.20. The highest BCUT2D eigenvalue weighted by Crippen LogP contribution is 2.07. The molecule has 0 saturated carbocycles. The van der Waals surface area contributed by atoms with Gasteiger partial charge >= 0.3 is 0 Å². The SMILES string of the molecule is CCCN(CC)C(=O)c1ccc(CN)cc1.Cl. The van der Waals surface area contributed by atoms with Gasteiger partial charge in [-0.3, -0.25) is 4.79 Å². The summed E-state index contributed by atoms with van der Waals surface area (Å²) in [5, 5.41) is 0. The Balaban J connectivity index is 0.00000256. The summed E-state index contributed by atoms with van der Waals surface area (Å²) in [6.45, 7) is 6.16. The molecule has 0 bridgehead atoms. The van der Waals surface area contributed by atoms with Crippen LogP contribution in [0.3, 0.4) is 0 Å². The van der Waals surface area contributed by atoms with Crippen molar-refractivity contribution in [2.45, 2.75) is 26.8 Å². The number of hydrogen-bond donors (Lipinski definition) is 1. The average Bonchev–Trinajstić information content (AvgIpc) is 2.35. The first-order chi connectivity index (χ1) is 7.72. The van der Waals surface area contributed by atoms with Crippen LogP contribution in [-0.2, 0) is 6.54 Å². The van der Waals surface area contributed by atoms with Gasteiger partial charge in [-0.2, -0.15) is 0 Å². The van der Waals surface area contributed by atoms with Crippen LogP contribution >= 0.6 is 12.4 Å². The van der Waals surface area contributed by atoms with Crippen molar-refractivity contribution < 1.29 is 4.79 Å². The molecule has 0 unspecified atom stereocenters. The molecule has 0 aliphatic carbocycles. The van der Waals surface area contributed by atoms with Crippen LogP contribution in [-0.4, -0.2) is 23.9 Å². The largest absolute Gasteiger partial charge is 0.339 e. The Kier molecular flexibility index (Phi) is 7.59. The fourth-order valence-electron chi connectivity index (χ4n) is 1.64. The van der Waals surface area contributed by atoms with Crippen LogP contribution in [0.5, 0.6) is 0 Å². The van der Waals surface area contributed by atoms with Crippen LogP contribution in [0.2, 0.25) is 0 Å². The number of benzene rings is 1. The zero-order chi connectivity index (χ0) is 12.0. The van der Waals surface area contributed by atoms with E-state index in [-0.39, 0.29) is 18.3 Å². The van der Waals surface area contributed by atoms with Crippen LogP contribution in [0.15, 0.2) is 24.3 Å². The molecule has 96 valence electrons. The van der Waals surface area contributed by atoms with Gasteiger partial charge in [-0.25, -0.2) is 0 Å². The van der Waals surface area contributed by atoms with Crippen molar-refractivity contribution in [2.75, 3.05) is 13.1 Å². The molecule has 0 aromatic heterocycles. The second kappa shape index (κ2) is 8.09. The van der Waals surface area contributed by atoms with Crippen LogP contribution < -0.4 is 5.73 Å². The first-order valence-corrected chi connectivity index (χ1v) is 5.81. The summed E-state index contributed by atoms with van der Waals surface area (Å²) >= 11 is 0.